The Balaban J connectivity index is 3.38. The van der Waals surface area contributed by atoms with Crippen LogP contribution in [0.4, 0.5) is 0 Å². The number of hydrogen-bond acceptors (Lipinski definition) is 2. The van der Waals surface area contributed by atoms with Crippen molar-refractivity contribution in [1.29, 1.82) is 5.26 Å². The lowest BCUT2D eigenvalue weighted by molar-refractivity contribution is 0.363. The van der Waals surface area contributed by atoms with Crippen LogP contribution >= 0.6 is 0 Å². The first kappa shape index (κ1) is 29.0. The zero-order chi connectivity index (χ0) is 22.1. The molecule has 0 unspecified atom stereocenters. The summed E-state index contributed by atoms with van der Waals surface area (Å²) in [5.74, 6) is 0. The molecular weight excluding hydrogens is 364 g/mol. The molecule has 176 valence electrons. The number of unbranched alkanes of at least 4 members (excludes halogenated alkanes) is 16. The predicted molar refractivity (Wildman–Crippen MR) is 135 cm³/mol. The van der Waals surface area contributed by atoms with Crippen LogP contribution in [-0.2, 0) is 0 Å². The summed E-state index contributed by atoms with van der Waals surface area (Å²) in [7, 11) is 0. The molecule has 0 radical (unpaired) electrons. The van der Waals surface area contributed by atoms with Crippen LogP contribution in [0.15, 0.2) is 12.2 Å². The van der Waals surface area contributed by atoms with Gasteiger partial charge in [0.1, 0.15) is 0 Å². The fourth-order valence-electron chi connectivity index (χ4n) is 4.14. The quantitative estimate of drug-likeness (QED) is 0.0675. The topological polar surface area (TPSA) is 27.0 Å². The van der Waals surface area contributed by atoms with Crippen molar-refractivity contribution in [3.05, 3.63) is 12.2 Å². The summed E-state index contributed by atoms with van der Waals surface area (Å²) in [5, 5.41) is 9.29. The van der Waals surface area contributed by atoms with Gasteiger partial charge in [-0.25, -0.2) is 0 Å². The lowest BCUT2D eigenvalue weighted by Gasteiger charge is -2.15. The van der Waals surface area contributed by atoms with E-state index in [1.54, 1.807) is 0 Å². The van der Waals surface area contributed by atoms with E-state index in [0.717, 1.165) is 13.1 Å². The molecule has 0 aromatic carbocycles. The molecule has 0 bridgehead atoms. The molecule has 0 amide bonds. The van der Waals surface area contributed by atoms with Crippen LogP contribution in [0.25, 0.3) is 0 Å². The van der Waals surface area contributed by atoms with Gasteiger partial charge in [0.2, 0.25) is 0 Å². The minimum absolute atomic E-state index is 0.955. The number of hydrogen-bond donors (Lipinski definition) is 0. The SMILES string of the molecule is C=C(CCCCCCCCCC)CCCCCCCN(C#N)CCCCCCCC. The van der Waals surface area contributed by atoms with Crippen molar-refractivity contribution in [2.24, 2.45) is 0 Å². The lowest BCUT2D eigenvalue weighted by atomic mass is 10.0. The normalized spacial score (nSPS) is 10.8. The molecule has 30 heavy (non-hydrogen) atoms. The molecule has 0 heterocycles. The number of nitriles is 1. The van der Waals surface area contributed by atoms with E-state index in [-0.39, 0.29) is 0 Å². The van der Waals surface area contributed by atoms with Crippen LogP contribution in [-0.4, -0.2) is 18.0 Å². The van der Waals surface area contributed by atoms with Crippen LogP contribution in [0.5, 0.6) is 0 Å². The van der Waals surface area contributed by atoms with Gasteiger partial charge in [0.15, 0.2) is 6.19 Å². The van der Waals surface area contributed by atoms with E-state index in [2.05, 4.69) is 26.6 Å². The highest BCUT2D eigenvalue weighted by molar-refractivity contribution is 4.93. The fraction of sp³-hybridized carbons (Fsp3) is 0.893. The Kier molecular flexibility index (Phi) is 23.5. The summed E-state index contributed by atoms with van der Waals surface area (Å²) in [6.07, 6.45) is 30.2. The molecule has 0 aliphatic carbocycles. The third-order valence-electron chi connectivity index (χ3n) is 6.27. The third-order valence-corrected chi connectivity index (χ3v) is 6.27. The second-order valence-electron chi connectivity index (χ2n) is 9.35. The van der Waals surface area contributed by atoms with E-state index < -0.39 is 0 Å². The predicted octanol–water partition coefficient (Wildman–Crippen LogP) is 9.56. The van der Waals surface area contributed by atoms with Crippen LogP contribution in [0.1, 0.15) is 149 Å². The molecule has 0 fully saturated rings. The highest BCUT2D eigenvalue weighted by Gasteiger charge is 2.02. The molecular formula is C28H54N2. The molecule has 0 spiro atoms. The van der Waals surface area contributed by atoms with Gasteiger partial charge in [-0.2, -0.15) is 5.26 Å². The van der Waals surface area contributed by atoms with Crippen molar-refractivity contribution < 1.29 is 0 Å². The summed E-state index contributed by atoms with van der Waals surface area (Å²) in [6.45, 7) is 10.7. The van der Waals surface area contributed by atoms with Gasteiger partial charge in [0, 0.05) is 13.1 Å². The second-order valence-corrected chi connectivity index (χ2v) is 9.35. The highest BCUT2D eigenvalue weighted by Crippen LogP contribution is 2.17. The van der Waals surface area contributed by atoms with Gasteiger partial charge in [0.05, 0.1) is 0 Å². The number of rotatable bonds is 24. The maximum Gasteiger partial charge on any atom is 0.179 e. The Bertz CT molecular complexity index is 396. The molecule has 0 atom stereocenters. The van der Waals surface area contributed by atoms with Gasteiger partial charge >= 0.3 is 0 Å². The molecule has 2 heteroatoms. The van der Waals surface area contributed by atoms with Crippen molar-refractivity contribution in [1.82, 2.24) is 4.90 Å². The smallest absolute Gasteiger partial charge is 0.179 e. The number of nitrogens with zero attached hydrogens (tertiary/aromatic N) is 2. The zero-order valence-corrected chi connectivity index (χ0v) is 20.9. The minimum Gasteiger partial charge on any atom is -0.311 e. The van der Waals surface area contributed by atoms with Gasteiger partial charge in [-0.15, -0.1) is 0 Å². The van der Waals surface area contributed by atoms with Gasteiger partial charge in [-0.3, -0.25) is 0 Å². The minimum atomic E-state index is 0.955. The van der Waals surface area contributed by atoms with E-state index in [9.17, 15) is 5.26 Å². The van der Waals surface area contributed by atoms with E-state index in [1.165, 1.54) is 140 Å². The molecule has 0 aliphatic heterocycles. The molecule has 0 aromatic heterocycles. The van der Waals surface area contributed by atoms with Gasteiger partial charge in [-0.05, 0) is 38.5 Å². The second kappa shape index (κ2) is 24.3. The van der Waals surface area contributed by atoms with Crippen LogP contribution in [0.3, 0.4) is 0 Å². The van der Waals surface area contributed by atoms with Crippen LogP contribution in [0.2, 0.25) is 0 Å². The first-order valence-electron chi connectivity index (χ1n) is 13.6. The maximum atomic E-state index is 9.29. The largest absolute Gasteiger partial charge is 0.311 e. The Morgan fingerprint density at radius 1 is 0.567 bits per heavy atom. The van der Waals surface area contributed by atoms with Gasteiger partial charge in [-0.1, -0.05) is 122 Å². The average Bonchev–Trinajstić information content (AvgIpc) is 2.75. The van der Waals surface area contributed by atoms with Crippen molar-refractivity contribution in [2.45, 2.75) is 149 Å². The van der Waals surface area contributed by atoms with Crippen molar-refractivity contribution >= 4 is 0 Å². The average molecular weight is 419 g/mol. The van der Waals surface area contributed by atoms with Crippen molar-refractivity contribution in [2.75, 3.05) is 13.1 Å². The van der Waals surface area contributed by atoms with Gasteiger partial charge < -0.3 is 4.90 Å². The first-order valence-corrected chi connectivity index (χ1v) is 13.6. The fourth-order valence-corrected chi connectivity index (χ4v) is 4.14. The zero-order valence-electron chi connectivity index (χ0n) is 20.9. The number of allylic oxidation sites excluding steroid dienone is 1. The monoisotopic (exact) mass is 418 g/mol. The molecule has 0 rings (SSSR count). The van der Waals surface area contributed by atoms with E-state index in [1.807, 2.05) is 4.90 Å². The molecule has 0 aromatic rings. The first-order chi connectivity index (χ1) is 14.7. The lowest BCUT2D eigenvalue weighted by Crippen LogP contribution is -2.20. The summed E-state index contributed by atoms with van der Waals surface area (Å²) in [6, 6.07) is 0. The van der Waals surface area contributed by atoms with Crippen LogP contribution < -0.4 is 0 Å². The Morgan fingerprint density at radius 2 is 0.900 bits per heavy atom. The van der Waals surface area contributed by atoms with E-state index in [0.29, 0.717) is 0 Å². The Hall–Kier alpha value is -0.970. The summed E-state index contributed by atoms with van der Waals surface area (Å²) < 4.78 is 0. The summed E-state index contributed by atoms with van der Waals surface area (Å²) >= 11 is 0. The third kappa shape index (κ3) is 21.7. The summed E-state index contributed by atoms with van der Waals surface area (Å²) in [4.78, 5) is 1.98. The highest BCUT2D eigenvalue weighted by atomic mass is 15.1. The van der Waals surface area contributed by atoms with E-state index >= 15 is 0 Å². The van der Waals surface area contributed by atoms with Crippen molar-refractivity contribution in [3.8, 4) is 6.19 Å². The Morgan fingerprint density at radius 3 is 1.27 bits per heavy atom. The van der Waals surface area contributed by atoms with Crippen molar-refractivity contribution in [3.63, 3.8) is 0 Å². The van der Waals surface area contributed by atoms with E-state index in [4.69, 9.17) is 0 Å². The Labute approximate surface area is 190 Å². The maximum absolute atomic E-state index is 9.29. The molecule has 0 aliphatic rings. The standard InChI is InChI=1S/C28H54N2/c1-4-6-8-10-12-13-15-19-23-28(3)24-20-16-14-18-22-26-30(27-29)25-21-17-11-9-7-5-2/h3-26H2,1-2H3. The molecule has 2 nitrogen and oxygen atoms in total. The molecule has 0 saturated heterocycles. The molecule has 0 saturated carbocycles. The van der Waals surface area contributed by atoms with Crippen LogP contribution in [0, 0.1) is 11.5 Å². The summed E-state index contributed by atoms with van der Waals surface area (Å²) in [5.41, 5.74) is 1.47. The molecule has 0 N–H and O–H groups in total. The van der Waals surface area contributed by atoms with Gasteiger partial charge in [0.25, 0.3) is 0 Å².